The third-order valence-corrected chi connectivity index (χ3v) is 4.19. The van der Waals surface area contributed by atoms with Crippen molar-refractivity contribution in [2.45, 2.75) is 13.5 Å². The first kappa shape index (κ1) is 18.6. The van der Waals surface area contributed by atoms with Gasteiger partial charge in [-0.1, -0.05) is 23.7 Å². The molecule has 27 heavy (non-hydrogen) atoms. The van der Waals surface area contributed by atoms with Gasteiger partial charge in [-0.05, 0) is 61.0 Å². The fraction of sp³-hybridized carbons (Fsp3) is 0.0952. The zero-order valence-electron chi connectivity index (χ0n) is 14.7. The van der Waals surface area contributed by atoms with Crippen LogP contribution in [-0.4, -0.2) is 16.7 Å². The number of Topliss-reactive ketones (excluding diaryl/α,β-unsaturated/α-hetero) is 1. The van der Waals surface area contributed by atoms with Crippen molar-refractivity contribution < 1.29 is 9.59 Å². The fourth-order valence-corrected chi connectivity index (χ4v) is 2.59. The predicted molar refractivity (Wildman–Crippen MR) is 107 cm³/mol. The van der Waals surface area contributed by atoms with Gasteiger partial charge >= 0.3 is 0 Å². The van der Waals surface area contributed by atoms with E-state index in [1.807, 2.05) is 24.3 Å². The molecule has 0 bridgehead atoms. The lowest BCUT2D eigenvalue weighted by atomic mass is 10.1. The molecule has 6 heteroatoms. The van der Waals surface area contributed by atoms with Gasteiger partial charge in [0.2, 0.25) is 0 Å². The molecule has 0 saturated heterocycles. The second-order valence-corrected chi connectivity index (χ2v) is 6.43. The molecular formula is C21H18ClN3O2. The number of anilines is 2. The van der Waals surface area contributed by atoms with E-state index >= 15 is 0 Å². The molecule has 1 amide bonds. The minimum Gasteiger partial charge on any atom is -0.355 e. The Labute approximate surface area is 162 Å². The minimum atomic E-state index is -0.263. The first-order valence-corrected chi connectivity index (χ1v) is 8.76. The van der Waals surface area contributed by atoms with Crippen LogP contribution in [0.3, 0.4) is 0 Å². The molecule has 0 radical (unpaired) electrons. The van der Waals surface area contributed by atoms with E-state index in [1.54, 1.807) is 42.6 Å². The number of amides is 1. The van der Waals surface area contributed by atoms with Gasteiger partial charge in [-0.25, -0.2) is 0 Å². The molecule has 0 aliphatic rings. The Morgan fingerprint density at radius 2 is 1.67 bits per heavy atom. The van der Waals surface area contributed by atoms with Crippen LogP contribution in [0, 0.1) is 0 Å². The smallest absolute Gasteiger partial charge is 0.270 e. The van der Waals surface area contributed by atoms with Crippen molar-refractivity contribution in [3.05, 3.63) is 88.7 Å². The Bertz CT molecular complexity index is 954. The third kappa shape index (κ3) is 5.15. The number of ketones is 1. The summed E-state index contributed by atoms with van der Waals surface area (Å²) in [5.74, 6) is -0.245. The van der Waals surface area contributed by atoms with Crippen molar-refractivity contribution >= 4 is 34.7 Å². The van der Waals surface area contributed by atoms with Crippen LogP contribution in [0.1, 0.15) is 33.3 Å². The Hall–Kier alpha value is -3.18. The molecule has 2 N–H and O–H groups in total. The van der Waals surface area contributed by atoms with E-state index in [1.165, 1.54) is 6.92 Å². The SMILES string of the molecule is CC(=O)c1ccc(Nc2ccnc(C(=O)NCc3ccc(Cl)cc3)c2)cc1. The largest absolute Gasteiger partial charge is 0.355 e. The van der Waals surface area contributed by atoms with Crippen molar-refractivity contribution in [1.29, 1.82) is 0 Å². The van der Waals surface area contributed by atoms with Gasteiger partial charge in [0.05, 0.1) is 0 Å². The molecule has 2 aromatic carbocycles. The molecule has 3 rings (SSSR count). The summed E-state index contributed by atoms with van der Waals surface area (Å²) in [5.41, 5.74) is 3.47. The zero-order valence-corrected chi connectivity index (χ0v) is 15.5. The maximum atomic E-state index is 12.3. The van der Waals surface area contributed by atoms with Crippen LogP contribution >= 0.6 is 11.6 Å². The first-order valence-electron chi connectivity index (χ1n) is 8.38. The van der Waals surface area contributed by atoms with E-state index in [-0.39, 0.29) is 11.7 Å². The maximum absolute atomic E-state index is 12.3. The zero-order chi connectivity index (χ0) is 19.2. The van der Waals surface area contributed by atoms with Gasteiger partial charge in [0, 0.05) is 34.7 Å². The van der Waals surface area contributed by atoms with Crippen LogP contribution < -0.4 is 10.6 Å². The van der Waals surface area contributed by atoms with Gasteiger partial charge in [0.1, 0.15) is 5.69 Å². The lowest BCUT2D eigenvalue weighted by molar-refractivity contribution is 0.0945. The van der Waals surface area contributed by atoms with Gasteiger partial charge < -0.3 is 10.6 Å². The lowest BCUT2D eigenvalue weighted by Crippen LogP contribution is -2.23. The Kier molecular flexibility index (Phi) is 5.84. The average Bonchev–Trinajstić information content (AvgIpc) is 2.68. The van der Waals surface area contributed by atoms with Crippen LogP contribution in [0.2, 0.25) is 5.02 Å². The summed E-state index contributed by atoms with van der Waals surface area (Å²) >= 11 is 5.86. The van der Waals surface area contributed by atoms with Crippen LogP contribution in [0.5, 0.6) is 0 Å². The summed E-state index contributed by atoms with van der Waals surface area (Å²) in [4.78, 5) is 27.8. The topological polar surface area (TPSA) is 71.1 Å². The number of hydrogen-bond donors (Lipinski definition) is 2. The Morgan fingerprint density at radius 3 is 2.33 bits per heavy atom. The monoisotopic (exact) mass is 379 g/mol. The van der Waals surface area contributed by atoms with Crippen LogP contribution in [-0.2, 0) is 6.54 Å². The van der Waals surface area contributed by atoms with Gasteiger partial charge in [-0.2, -0.15) is 0 Å². The van der Waals surface area contributed by atoms with Crippen LogP contribution in [0.25, 0.3) is 0 Å². The molecule has 5 nitrogen and oxygen atoms in total. The highest BCUT2D eigenvalue weighted by Crippen LogP contribution is 2.18. The highest BCUT2D eigenvalue weighted by molar-refractivity contribution is 6.30. The number of nitrogens with zero attached hydrogens (tertiary/aromatic N) is 1. The summed E-state index contributed by atoms with van der Waals surface area (Å²) in [6.07, 6.45) is 1.57. The summed E-state index contributed by atoms with van der Waals surface area (Å²) in [6, 6.07) is 17.9. The average molecular weight is 380 g/mol. The third-order valence-electron chi connectivity index (χ3n) is 3.94. The highest BCUT2D eigenvalue weighted by Gasteiger charge is 2.08. The second kappa shape index (κ2) is 8.47. The molecule has 1 heterocycles. The van der Waals surface area contributed by atoms with E-state index in [2.05, 4.69) is 15.6 Å². The normalized spacial score (nSPS) is 10.3. The molecule has 0 unspecified atom stereocenters. The lowest BCUT2D eigenvalue weighted by Gasteiger charge is -2.09. The number of rotatable bonds is 6. The molecular weight excluding hydrogens is 362 g/mol. The predicted octanol–water partition coefficient (Wildman–Crippen LogP) is 4.61. The summed E-state index contributed by atoms with van der Waals surface area (Å²) in [5, 5.41) is 6.69. The Morgan fingerprint density at radius 1 is 0.963 bits per heavy atom. The van der Waals surface area contributed by atoms with E-state index in [0.717, 1.165) is 16.9 Å². The van der Waals surface area contributed by atoms with Crippen LogP contribution in [0.4, 0.5) is 11.4 Å². The number of benzene rings is 2. The molecule has 1 aromatic heterocycles. The highest BCUT2D eigenvalue weighted by atomic mass is 35.5. The first-order chi connectivity index (χ1) is 13.0. The molecule has 136 valence electrons. The van der Waals surface area contributed by atoms with Gasteiger partial charge in [-0.15, -0.1) is 0 Å². The van der Waals surface area contributed by atoms with Crippen molar-refractivity contribution in [1.82, 2.24) is 10.3 Å². The summed E-state index contributed by atoms with van der Waals surface area (Å²) < 4.78 is 0. The van der Waals surface area contributed by atoms with Gasteiger partial charge in [0.15, 0.2) is 5.78 Å². The maximum Gasteiger partial charge on any atom is 0.270 e. The van der Waals surface area contributed by atoms with Crippen molar-refractivity contribution in [3.63, 3.8) is 0 Å². The van der Waals surface area contributed by atoms with E-state index < -0.39 is 0 Å². The van der Waals surface area contributed by atoms with E-state index in [4.69, 9.17) is 11.6 Å². The summed E-state index contributed by atoms with van der Waals surface area (Å²) in [7, 11) is 0. The molecule has 0 fully saturated rings. The number of halogens is 1. The molecule has 0 spiro atoms. The van der Waals surface area contributed by atoms with Crippen molar-refractivity contribution in [2.75, 3.05) is 5.32 Å². The number of carbonyl (C=O) groups is 2. The van der Waals surface area contributed by atoms with E-state index in [9.17, 15) is 9.59 Å². The second-order valence-electron chi connectivity index (χ2n) is 6.00. The van der Waals surface area contributed by atoms with Gasteiger partial charge in [0.25, 0.3) is 5.91 Å². The fourth-order valence-electron chi connectivity index (χ4n) is 2.46. The molecule has 0 atom stereocenters. The molecule has 0 aliphatic heterocycles. The number of hydrogen-bond acceptors (Lipinski definition) is 4. The Balaban J connectivity index is 1.64. The number of nitrogens with one attached hydrogen (secondary N) is 2. The standard InChI is InChI=1S/C21H18ClN3O2/c1-14(26)16-4-8-18(9-5-16)25-19-10-11-23-20(12-19)21(27)24-13-15-2-6-17(22)7-3-15/h2-12H,13H2,1H3,(H,23,25)(H,24,27). The quantitative estimate of drug-likeness (QED) is 0.613. The number of aromatic nitrogens is 1. The molecule has 0 saturated carbocycles. The van der Waals surface area contributed by atoms with Crippen molar-refractivity contribution in [3.8, 4) is 0 Å². The molecule has 3 aromatic rings. The van der Waals surface area contributed by atoms with Gasteiger partial charge in [-0.3, -0.25) is 14.6 Å². The minimum absolute atomic E-state index is 0.0186. The van der Waals surface area contributed by atoms with Crippen LogP contribution in [0.15, 0.2) is 66.9 Å². The van der Waals surface area contributed by atoms with Crippen molar-refractivity contribution in [2.24, 2.45) is 0 Å². The van der Waals surface area contributed by atoms with E-state index in [0.29, 0.717) is 22.8 Å². The molecule has 0 aliphatic carbocycles. The summed E-state index contributed by atoms with van der Waals surface area (Å²) in [6.45, 7) is 1.92. The number of pyridine rings is 1. The number of carbonyl (C=O) groups excluding carboxylic acids is 2.